The summed E-state index contributed by atoms with van der Waals surface area (Å²) in [6, 6.07) is 14.8. The molecule has 2 aromatic rings. The summed E-state index contributed by atoms with van der Waals surface area (Å²) in [4.78, 5) is 26.5. The first-order valence-electron chi connectivity index (χ1n) is 9.05. The molecule has 0 radical (unpaired) electrons. The number of nitrogens with one attached hydrogen (secondary N) is 1. The second kappa shape index (κ2) is 8.91. The lowest BCUT2D eigenvalue weighted by molar-refractivity contribution is -0.136. The van der Waals surface area contributed by atoms with E-state index in [1.807, 2.05) is 43.3 Å². The van der Waals surface area contributed by atoms with Crippen LogP contribution in [0.2, 0.25) is 5.02 Å². The minimum absolute atomic E-state index is 0.0134. The molecule has 2 aromatic carbocycles. The van der Waals surface area contributed by atoms with E-state index >= 15 is 0 Å². The van der Waals surface area contributed by atoms with E-state index in [2.05, 4.69) is 5.32 Å². The molecule has 1 aliphatic heterocycles. The van der Waals surface area contributed by atoms with Crippen molar-refractivity contribution in [2.24, 2.45) is 5.92 Å². The molecule has 6 heteroatoms. The van der Waals surface area contributed by atoms with Crippen LogP contribution in [0.15, 0.2) is 48.5 Å². The fraction of sp³-hybridized carbons (Fsp3) is 0.333. The number of hydrogen-bond acceptors (Lipinski definition) is 3. The number of para-hydroxylation sites is 1. The molecule has 142 valence electrons. The Morgan fingerprint density at radius 1 is 1.11 bits per heavy atom. The van der Waals surface area contributed by atoms with Crippen LogP contribution < -0.4 is 10.1 Å². The molecule has 1 fully saturated rings. The molecule has 5 nitrogen and oxygen atoms in total. The number of rotatable bonds is 5. The third-order valence-electron chi connectivity index (χ3n) is 4.73. The molecule has 0 unspecified atom stereocenters. The highest BCUT2D eigenvalue weighted by atomic mass is 35.5. The summed E-state index contributed by atoms with van der Waals surface area (Å²) in [5.41, 5.74) is 1.76. The van der Waals surface area contributed by atoms with Gasteiger partial charge in [-0.15, -0.1) is 0 Å². The largest absolute Gasteiger partial charge is 0.484 e. The number of nitrogens with zero attached hydrogens (tertiary/aromatic N) is 1. The van der Waals surface area contributed by atoms with Gasteiger partial charge in [0.25, 0.3) is 5.91 Å². The van der Waals surface area contributed by atoms with Gasteiger partial charge in [0.1, 0.15) is 5.75 Å². The van der Waals surface area contributed by atoms with E-state index in [1.54, 1.807) is 17.0 Å². The van der Waals surface area contributed by atoms with E-state index in [0.29, 0.717) is 42.4 Å². The molecule has 1 N–H and O–H groups in total. The van der Waals surface area contributed by atoms with Gasteiger partial charge in [-0.05, 0) is 44.0 Å². The van der Waals surface area contributed by atoms with Crippen molar-refractivity contribution in [1.82, 2.24) is 4.90 Å². The number of likely N-dealkylation sites (tertiary alicyclic amines) is 1. The molecular formula is C21H23ClN2O3. The number of piperidine rings is 1. The number of carbonyl (C=O) groups excluding carboxylic acids is 2. The van der Waals surface area contributed by atoms with Crippen LogP contribution >= 0.6 is 11.6 Å². The van der Waals surface area contributed by atoms with Crippen molar-refractivity contribution >= 4 is 29.1 Å². The predicted molar refractivity (Wildman–Crippen MR) is 106 cm³/mol. The van der Waals surface area contributed by atoms with Crippen LogP contribution in [0.3, 0.4) is 0 Å². The van der Waals surface area contributed by atoms with Crippen molar-refractivity contribution in [2.45, 2.75) is 19.8 Å². The van der Waals surface area contributed by atoms with Crippen LogP contribution in [0.4, 0.5) is 5.69 Å². The lowest BCUT2D eigenvalue weighted by Gasteiger charge is -2.31. The molecule has 0 aliphatic carbocycles. The average Bonchev–Trinajstić information content (AvgIpc) is 2.69. The Kier molecular flexibility index (Phi) is 6.35. The second-order valence-corrected chi connectivity index (χ2v) is 7.13. The van der Waals surface area contributed by atoms with Crippen LogP contribution in [-0.2, 0) is 9.59 Å². The van der Waals surface area contributed by atoms with Gasteiger partial charge < -0.3 is 15.0 Å². The van der Waals surface area contributed by atoms with Crippen LogP contribution in [0, 0.1) is 12.8 Å². The molecule has 0 bridgehead atoms. The van der Waals surface area contributed by atoms with Crippen molar-refractivity contribution in [3.05, 3.63) is 59.1 Å². The third-order valence-corrected chi connectivity index (χ3v) is 5.06. The van der Waals surface area contributed by atoms with Crippen molar-refractivity contribution in [2.75, 3.05) is 25.0 Å². The zero-order valence-electron chi connectivity index (χ0n) is 15.3. The first-order chi connectivity index (χ1) is 13.0. The van der Waals surface area contributed by atoms with E-state index < -0.39 is 0 Å². The summed E-state index contributed by atoms with van der Waals surface area (Å²) >= 11 is 6.08. The smallest absolute Gasteiger partial charge is 0.260 e. The van der Waals surface area contributed by atoms with Crippen molar-refractivity contribution in [1.29, 1.82) is 0 Å². The van der Waals surface area contributed by atoms with Crippen molar-refractivity contribution in [3.8, 4) is 5.75 Å². The SMILES string of the molecule is Cc1ccc(OCC(=O)N2CCC(C(=O)Nc3ccccc3Cl)CC2)cc1. The molecule has 2 amide bonds. The molecule has 1 aliphatic rings. The Bertz CT molecular complexity index is 799. The Morgan fingerprint density at radius 2 is 1.78 bits per heavy atom. The summed E-state index contributed by atoms with van der Waals surface area (Å²) in [7, 11) is 0. The molecule has 3 rings (SSSR count). The zero-order valence-corrected chi connectivity index (χ0v) is 16.0. The summed E-state index contributed by atoms with van der Waals surface area (Å²) in [5.74, 6) is 0.456. The Hall–Kier alpha value is -2.53. The highest BCUT2D eigenvalue weighted by Gasteiger charge is 2.27. The van der Waals surface area contributed by atoms with Gasteiger partial charge in [-0.2, -0.15) is 0 Å². The second-order valence-electron chi connectivity index (χ2n) is 6.73. The van der Waals surface area contributed by atoms with Crippen LogP contribution in [-0.4, -0.2) is 36.4 Å². The quantitative estimate of drug-likeness (QED) is 0.847. The molecule has 0 spiro atoms. The van der Waals surface area contributed by atoms with E-state index in [1.165, 1.54) is 0 Å². The fourth-order valence-corrected chi connectivity index (χ4v) is 3.24. The van der Waals surface area contributed by atoms with Gasteiger partial charge in [-0.25, -0.2) is 0 Å². The molecular weight excluding hydrogens is 364 g/mol. The van der Waals surface area contributed by atoms with E-state index in [-0.39, 0.29) is 24.3 Å². The van der Waals surface area contributed by atoms with Crippen LogP contribution in [0.1, 0.15) is 18.4 Å². The van der Waals surface area contributed by atoms with E-state index in [0.717, 1.165) is 5.56 Å². The minimum Gasteiger partial charge on any atom is -0.484 e. The topological polar surface area (TPSA) is 58.6 Å². The number of carbonyl (C=O) groups is 2. The Labute approximate surface area is 164 Å². The first-order valence-corrected chi connectivity index (χ1v) is 9.43. The maximum absolute atomic E-state index is 12.4. The molecule has 0 atom stereocenters. The van der Waals surface area contributed by atoms with Crippen molar-refractivity contribution < 1.29 is 14.3 Å². The van der Waals surface area contributed by atoms with Gasteiger partial charge in [-0.1, -0.05) is 41.4 Å². The first kappa shape index (κ1) is 19.2. The van der Waals surface area contributed by atoms with Crippen molar-refractivity contribution in [3.63, 3.8) is 0 Å². The van der Waals surface area contributed by atoms with Gasteiger partial charge in [0, 0.05) is 19.0 Å². The monoisotopic (exact) mass is 386 g/mol. The van der Waals surface area contributed by atoms with Gasteiger partial charge in [0.2, 0.25) is 5.91 Å². The molecule has 1 heterocycles. The maximum atomic E-state index is 12.4. The summed E-state index contributed by atoms with van der Waals surface area (Å²) in [6.45, 7) is 3.12. The minimum atomic E-state index is -0.122. The number of benzene rings is 2. The molecule has 0 aromatic heterocycles. The summed E-state index contributed by atoms with van der Waals surface area (Å²) in [6.07, 6.45) is 1.26. The van der Waals surface area contributed by atoms with Crippen LogP contribution in [0.5, 0.6) is 5.75 Å². The zero-order chi connectivity index (χ0) is 19.2. The van der Waals surface area contributed by atoms with Crippen LogP contribution in [0.25, 0.3) is 0 Å². The lowest BCUT2D eigenvalue weighted by Crippen LogP contribution is -2.43. The Balaban J connectivity index is 1.45. The average molecular weight is 387 g/mol. The highest BCUT2D eigenvalue weighted by molar-refractivity contribution is 6.33. The maximum Gasteiger partial charge on any atom is 0.260 e. The van der Waals surface area contributed by atoms with Gasteiger partial charge in [0.05, 0.1) is 10.7 Å². The number of anilines is 1. The van der Waals surface area contributed by atoms with Gasteiger partial charge in [-0.3, -0.25) is 9.59 Å². The normalized spacial score (nSPS) is 14.7. The van der Waals surface area contributed by atoms with E-state index in [9.17, 15) is 9.59 Å². The summed E-state index contributed by atoms with van der Waals surface area (Å²) < 4.78 is 5.56. The lowest BCUT2D eigenvalue weighted by atomic mass is 9.95. The third kappa shape index (κ3) is 5.23. The number of aryl methyl sites for hydroxylation is 1. The molecule has 0 saturated carbocycles. The van der Waals surface area contributed by atoms with Gasteiger partial charge in [0.15, 0.2) is 6.61 Å². The number of halogens is 1. The predicted octanol–water partition coefficient (Wildman–Crippen LogP) is 3.90. The number of hydrogen-bond donors (Lipinski definition) is 1. The van der Waals surface area contributed by atoms with E-state index in [4.69, 9.17) is 16.3 Å². The summed E-state index contributed by atoms with van der Waals surface area (Å²) in [5, 5.41) is 3.40. The fourth-order valence-electron chi connectivity index (χ4n) is 3.06. The highest BCUT2D eigenvalue weighted by Crippen LogP contribution is 2.24. The standard InChI is InChI=1S/C21H23ClN2O3/c1-15-6-8-17(9-7-15)27-14-20(25)24-12-10-16(11-13-24)21(26)23-19-5-3-2-4-18(19)22/h2-9,16H,10-14H2,1H3,(H,23,26). The molecule has 27 heavy (non-hydrogen) atoms. The molecule has 1 saturated heterocycles. The van der Waals surface area contributed by atoms with Gasteiger partial charge >= 0.3 is 0 Å². The Morgan fingerprint density at radius 3 is 2.44 bits per heavy atom. The number of amides is 2. The number of ether oxygens (including phenoxy) is 1.